The summed E-state index contributed by atoms with van der Waals surface area (Å²) in [5.74, 6) is 1.03. The fraction of sp³-hybridized carbons (Fsp3) is 0.423. The molecule has 1 aliphatic rings. The van der Waals surface area contributed by atoms with Gasteiger partial charge in [0, 0.05) is 31.6 Å². The molecule has 2 amide bonds. The lowest BCUT2D eigenvalue weighted by molar-refractivity contribution is -0.135. The minimum absolute atomic E-state index is 0.0292. The Morgan fingerprint density at radius 1 is 1.00 bits per heavy atom. The van der Waals surface area contributed by atoms with Crippen LogP contribution in [0.2, 0.25) is 0 Å². The number of ether oxygens (including phenoxy) is 1. The minimum Gasteiger partial charge on any atom is -0.378 e. The fourth-order valence-electron chi connectivity index (χ4n) is 4.13. The third-order valence-corrected chi connectivity index (χ3v) is 6.07. The number of carbonyl (C=O) groups excluding carboxylic acids is 2. The summed E-state index contributed by atoms with van der Waals surface area (Å²) in [7, 11) is 0. The molecule has 0 atom stereocenters. The zero-order valence-electron chi connectivity index (χ0n) is 19.3. The van der Waals surface area contributed by atoms with Crippen molar-refractivity contribution in [3.63, 3.8) is 0 Å². The number of hydrogen-bond acceptors (Lipinski definition) is 4. The second kappa shape index (κ2) is 11.1. The SMILES string of the molecule is Cc1ccc(C(=O)NCCCCCc2nc3ccccc3n2CC(=O)N2CCOCC2)cc1. The topological polar surface area (TPSA) is 76.5 Å². The number of carbonyl (C=O) groups is 2. The Kier molecular flexibility index (Phi) is 7.73. The number of rotatable bonds is 9. The smallest absolute Gasteiger partial charge is 0.251 e. The van der Waals surface area contributed by atoms with Crippen molar-refractivity contribution in [1.29, 1.82) is 0 Å². The minimum atomic E-state index is -0.0292. The lowest BCUT2D eigenvalue weighted by Gasteiger charge is -2.27. The van der Waals surface area contributed by atoms with Crippen molar-refractivity contribution in [3.05, 3.63) is 65.5 Å². The predicted molar refractivity (Wildman–Crippen MR) is 128 cm³/mol. The van der Waals surface area contributed by atoms with E-state index in [-0.39, 0.29) is 11.8 Å². The zero-order chi connectivity index (χ0) is 23.0. The first-order valence-electron chi connectivity index (χ1n) is 11.8. The van der Waals surface area contributed by atoms with Crippen molar-refractivity contribution in [2.24, 2.45) is 0 Å². The second-order valence-corrected chi connectivity index (χ2v) is 8.53. The average molecular weight is 449 g/mol. The highest BCUT2D eigenvalue weighted by Crippen LogP contribution is 2.18. The van der Waals surface area contributed by atoms with Crippen LogP contribution in [0.1, 0.15) is 41.0 Å². The average Bonchev–Trinajstić information content (AvgIpc) is 3.19. The van der Waals surface area contributed by atoms with Crippen LogP contribution < -0.4 is 5.32 Å². The van der Waals surface area contributed by atoms with Crippen LogP contribution in [0.3, 0.4) is 0 Å². The van der Waals surface area contributed by atoms with Crippen LogP contribution in [0.25, 0.3) is 11.0 Å². The van der Waals surface area contributed by atoms with Crippen LogP contribution in [-0.4, -0.2) is 59.1 Å². The molecule has 1 aliphatic heterocycles. The van der Waals surface area contributed by atoms with E-state index in [0.29, 0.717) is 45.0 Å². The van der Waals surface area contributed by atoms with E-state index in [2.05, 4.69) is 9.88 Å². The van der Waals surface area contributed by atoms with E-state index in [1.54, 1.807) is 0 Å². The van der Waals surface area contributed by atoms with Crippen LogP contribution in [0.4, 0.5) is 0 Å². The molecule has 1 saturated heterocycles. The molecule has 33 heavy (non-hydrogen) atoms. The molecule has 0 bridgehead atoms. The van der Waals surface area contributed by atoms with Gasteiger partial charge in [0.2, 0.25) is 5.91 Å². The molecule has 1 aromatic heterocycles. The van der Waals surface area contributed by atoms with Crippen LogP contribution in [0.15, 0.2) is 48.5 Å². The number of amides is 2. The molecule has 0 unspecified atom stereocenters. The standard InChI is InChI=1S/C26H32N4O3/c1-20-10-12-21(13-11-20)26(32)27-14-6-2-3-9-24-28-22-7-4-5-8-23(22)30(24)19-25(31)29-15-17-33-18-16-29/h4-5,7-8,10-13H,2-3,6,9,14-19H2,1H3,(H,27,32). The number of fused-ring (bicyclic) bond motifs is 1. The molecule has 0 saturated carbocycles. The summed E-state index contributed by atoms with van der Waals surface area (Å²) in [4.78, 5) is 31.8. The monoisotopic (exact) mass is 448 g/mol. The highest BCUT2D eigenvalue weighted by atomic mass is 16.5. The Morgan fingerprint density at radius 2 is 1.76 bits per heavy atom. The van der Waals surface area contributed by atoms with Crippen molar-refractivity contribution >= 4 is 22.8 Å². The summed E-state index contributed by atoms with van der Waals surface area (Å²) >= 11 is 0. The Labute approximate surface area is 194 Å². The largest absolute Gasteiger partial charge is 0.378 e. The molecule has 0 aliphatic carbocycles. The molecule has 2 aromatic carbocycles. The van der Waals surface area contributed by atoms with Gasteiger partial charge in [0.15, 0.2) is 0 Å². The van der Waals surface area contributed by atoms with Gasteiger partial charge in [0.25, 0.3) is 5.91 Å². The zero-order valence-corrected chi connectivity index (χ0v) is 19.3. The van der Waals surface area contributed by atoms with Crippen molar-refractivity contribution in [2.75, 3.05) is 32.8 Å². The van der Waals surface area contributed by atoms with Crippen LogP contribution in [-0.2, 0) is 22.5 Å². The number of nitrogens with one attached hydrogen (secondary N) is 1. The molecule has 3 aromatic rings. The molecule has 4 rings (SSSR count). The highest BCUT2D eigenvalue weighted by molar-refractivity contribution is 5.94. The van der Waals surface area contributed by atoms with Gasteiger partial charge in [-0.3, -0.25) is 9.59 Å². The summed E-state index contributed by atoms with van der Waals surface area (Å²) in [6.45, 7) is 5.47. The molecule has 1 N–H and O–H groups in total. The fourth-order valence-corrected chi connectivity index (χ4v) is 4.13. The van der Waals surface area contributed by atoms with E-state index in [0.717, 1.165) is 48.1 Å². The summed E-state index contributed by atoms with van der Waals surface area (Å²) in [5, 5.41) is 2.99. The van der Waals surface area contributed by atoms with E-state index in [1.165, 1.54) is 0 Å². The molecule has 0 spiro atoms. The number of benzene rings is 2. The Bertz CT molecular complexity index is 1080. The van der Waals surface area contributed by atoms with E-state index < -0.39 is 0 Å². The Balaban J connectivity index is 1.29. The van der Waals surface area contributed by atoms with Gasteiger partial charge in [-0.2, -0.15) is 0 Å². The van der Waals surface area contributed by atoms with Gasteiger partial charge in [-0.15, -0.1) is 0 Å². The summed E-state index contributed by atoms with van der Waals surface area (Å²) < 4.78 is 7.43. The molecule has 7 nitrogen and oxygen atoms in total. The van der Waals surface area contributed by atoms with Crippen molar-refractivity contribution in [3.8, 4) is 0 Å². The maximum Gasteiger partial charge on any atom is 0.251 e. The van der Waals surface area contributed by atoms with Crippen LogP contribution >= 0.6 is 0 Å². The van der Waals surface area contributed by atoms with E-state index in [4.69, 9.17) is 9.72 Å². The Morgan fingerprint density at radius 3 is 2.55 bits per heavy atom. The maximum atomic E-state index is 12.9. The molecular formula is C26H32N4O3. The van der Waals surface area contributed by atoms with E-state index in [1.807, 2.05) is 60.4 Å². The summed E-state index contributed by atoms with van der Waals surface area (Å²) in [6.07, 6.45) is 3.64. The number of hydrogen-bond donors (Lipinski definition) is 1. The van der Waals surface area contributed by atoms with Gasteiger partial charge < -0.3 is 19.5 Å². The Hall–Kier alpha value is -3.19. The molecule has 7 heteroatoms. The third-order valence-electron chi connectivity index (χ3n) is 6.07. The first-order valence-corrected chi connectivity index (χ1v) is 11.8. The predicted octanol–water partition coefficient (Wildman–Crippen LogP) is 3.35. The highest BCUT2D eigenvalue weighted by Gasteiger charge is 2.20. The summed E-state index contributed by atoms with van der Waals surface area (Å²) in [5.41, 5.74) is 3.76. The summed E-state index contributed by atoms with van der Waals surface area (Å²) in [6, 6.07) is 15.6. The number of morpholine rings is 1. The maximum absolute atomic E-state index is 12.9. The molecule has 174 valence electrons. The van der Waals surface area contributed by atoms with Crippen LogP contribution in [0, 0.1) is 6.92 Å². The van der Waals surface area contributed by atoms with Gasteiger partial charge in [0.05, 0.1) is 24.2 Å². The molecular weight excluding hydrogens is 416 g/mol. The lowest BCUT2D eigenvalue weighted by Crippen LogP contribution is -2.42. The number of unbranched alkanes of at least 4 members (excludes halogenated alkanes) is 2. The van der Waals surface area contributed by atoms with E-state index in [9.17, 15) is 9.59 Å². The van der Waals surface area contributed by atoms with Gasteiger partial charge in [0.1, 0.15) is 12.4 Å². The first kappa shape index (κ1) is 23.0. The van der Waals surface area contributed by atoms with Crippen molar-refractivity contribution in [1.82, 2.24) is 19.8 Å². The van der Waals surface area contributed by atoms with E-state index >= 15 is 0 Å². The van der Waals surface area contributed by atoms with Crippen molar-refractivity contribution < 1.29 is 14.3 Å². The first-order chi connectivity index (χ1) is 16.1. The van der Waals surface area contributed by atoms with Crippen LogP contribution in [0.5, 0.6) is 0 Å². The van der Waals surface area contributed by atoms with Crippen molar-refractivity contribution in [2.45, 2.75) is 39.2 Å². The number of imidazole rings is 1. The number of nitrogens with zero attached hydrogens (tertiary/aromatic N) is 3. The van der Waals surface area contributed by atoms with Gasteiger partial charge >= 0.3 is 0 Å². The lowest BCUT2D eigenvalue weighted by atomic mass is 10.1. The molecule has 2 heterocycles. The normalized spacial score (nSPS) is 13.9. The van der Waals surface area contributed by atoms with Gasteiger partial charge in [-0.1, -0.05) is 36.2 Å². The number of para-hydroxylation sites is 2. The number of aromatic nitrogens is 2. The van der Waals surface area contributed by atoms with Gasteiger partial charge in [-0.25, -0.2) is 4.98 Å². The molecule has 0 radical (unpaired) electrons. The second-order valence-electron chi connectivity index (χ2n) is 8.53. The third kappa shape index (κ3) is 5.99. The quantitative estimate of drug-likeness (QED) is 0.510. The molecule has 1 fully saturated rings. The van der Waals surface area contributed by atoms with Gasteiger partial charge in [-0.05, 0) is 44.0 Å². The number of aryl methyl sites for hydroxylation is 2.